The SMILES string of the molecule is CNS(=O)(=O)c1cccc(CNC2=NCCN2C)c1. The summed E-state index contributed by atoms with van der Waals surface area (Å²) in [5, 5.41) is 3.21. The molecule has 0 aromatic heterocycles. The maximum Gasteiger partial charge on any atom is 0.240 e. The van der Waals surface area contributed by atoms with Crippen LogP contribution in [0.4, 0.5) is 0 Å². The van der Waals surface area contributed by atoms with Gasteiger partial charge in [0.05, 0.1) is 11.4 Å². The fourth-order valence-corrected chi connectivity index (χ4v) is 2.64. The van der Waals surface area contributed by atoms with Crippen molar-refractivity contribution in [1.82, 2.24) is 14.9 Å². The van der Waals surface area contributed by atoms with E-state index in [9.17, 15) is 8.42 Å². The van der Waals surface area contributed by atoms with Crippen molar-refractivity contribution in [2.45, 2.75) is 11.4 Å². The van der Waals surface area contributed by atoms with Gasteiger partial charge in [0.15, 0.2) is 5.96 Å². The monoisotopic (exact) mass is 282 g/mol. The Bertz CT molecular complexity index is 583. The lowest BCUT2D eigenvalue weighted by Gasteiger charge is -2.15. The van der Waals surface area contributed by atoms with Gasteiger partial charge in [-0.2, -0.15) is 0 Å². The normalized spacial score (nSPS) is 15.5. The van der Waals surface area contributed by atoms with Crippen LogP contribution in [0.25, 0.3) is 0 Å². The van der Waals surface area contributed by atoms with Crippen molar-refractivity contribution in [3.63, 3.8) is 0 Å². The Kier molecular flexibility index (Phi) is 4.06. The molecule has 0 fully saturated rings. The molecule has 0 radical (unpaired) electrons. The molecule has 0 unspecified atom stereocenters. The number of aliphatic imine (C=N–C) groups is 1. The van der Waals surface area contributed by atoms with Crippen molar-refractivity contribution in [1.29, 1.82) is 0 Å². The lowest BCUT2D eigenvalue weighted by atomic mass is 10.2. The van der Waals surface area contributed by atoms with E-state index < -0.39 is 10.0 Å². The van der Waals surface area contributed by atoms with Gasteiger partial charge in [0.25, 0.3) is 0 Å². The number of guanidine groups is 1. The number of nitrogens with one attached hydrogen (secondary N) is 2. The maximum atomic E-state index is 11.7. The molecule has 7 heteroatoms. The van der Waals surface area contributed by atoms with E-state index in [1.165, 1.54) is 7.05 Å². The molecule has 19 heavy (non-hydrogen) atoms. The predicted octanol–water partition coefficient (Wildman–Crippen LogP) is -0.0143. The zero-order valence-corrected chi connectivity index (χ0v) is 11.9. The topological polar surface area (TPSA) is 73.8 Å². The third-order valence-corrected chi connectivity index (χ3v) is 4.40. The Morgan fingerprint density at radius 2 is 2.21 bits per heavy atom. The van der Waals surface area contributed by atoms with Crippen LogP contribution in [0.5, 0.6) is 0 Å². The minimum atomic E-state index is -3.39. The summed E-state index contributed by atoms with van der Waals surface area (Å²) in [6.07, 6.45) is 0. The van der Waals surface area contributed by atoms with Crippen LogP contribution < -0.4 is 10.0 Å². The summed E-state index contributed by atoms with van der Waals surface area (Å²) < 4.78 is 25.7. The molecule has 0 atom stereocenters. The second-order valence-corrected chi connectivity index (χ2v) is 6.22. The molecule has 1 heterocycles. The molecular weight excluding hydrogens is 264 g/mol. The summed E-state index contributed by atoms with van der Waals surface area (Å²) in [6, 6.07) is 6.86. The van der Waals surface area contributed by atoms with Gasteiger partial charge in [-0.25, -0.2) is 13.1 Å². The van der Waals surface area contributed by atoms with Crippen LogP contribution in [0.2, 0.25) is 0 Å². The van der Waals surface area contributed by atoms with Gasteiger partial charge >= 0.3 is 0 Å². The molecule has 1 aliphatic rings. The van der Waals surface area contributed by atoms with Crippen molar-refractivity contribution in [3.8, 4) is 0 Å². The molecule has 0 spiro atoms. The van der Waals surface area contributed by atoms with E-state index in [4.69, 9.17) is 0 Å². The summed E-state index contributed by atoms with van der Waals surface area (Å²) in [5.74, 6) is 0.849. The molecule has 0 saturated heterocycles. The van der Waals surface area contributed by atoms with E-state index in [0.717, 1.165) is 24.6 Å². The van der Waals surface area contributed by atoms with Crippen LogP contribution in [-0.2, 0) is 16.6 Å². The molecule has 104 valence electrons. The van der Waals surface area contributed by atoms with E-state index in [-0.39, 0.29) is 4.90 Å². The van der Waals surface area contributed by atoms with Crippen molar-refractivity contribution in [2.24, 2.45) is 4.99 Å². The number of hydrogen-bond acceptors (Lipinski definition) is 5. The molecule has 6 nitrogen and oxygen atoms in total. The number of hydrogen-bond donors (Lipinski definition) is 2. The smallest absolute Gasteiger partial charge is 0.240 e. The number of likely N-dealkylation sites (N-methyl/N-ethyl adjacent to an activating group) is 1. The van der Waals surface area contributed by atoms with E-state index in [1.807, 2.05) is 18.0 Å². The zero-order valence-electron chi connectivity index (χ0n) is 11.0. The first kappa shape index (κ1) is 13.8. The van der Waals surface area contributed by atoms with Crippen molar-refractivity contribution < 1.29 is 8.42 Å². The first-order valence-corrected chi connectivity index (χ1v) is 7.53. The Labute approximate surface area is 113 Å². The minimum absolute atomic E-state index is 0.274. The van der Waals surface area contributed by atoms with Crippen LogP contribution in [0.1, 0.15) is 5.56 Å². The summed E-state index contributed by atoms with van der Waals surface area (Å²) in [6.45, 7) is 2.26. The molecule has 1 aromatic carbocycles. The molecule has 1 aliphatic heterocycles. The van der Waals surface area contributed by atoms with E-state index in [2.05, 4.69) is 15.0 Å². The summed E-state index contributed by atoms with van der Waals surface area (Å²) in [7, 11) is -0.00907. The quantitative estimate of drug-likeness (QED) is 0.814. The number of rotatable bonds is 4. The molecule has 0 amide bonds. The number of nitrogens with zero attached hydrogens (tertiary/aromatic N) is 2. The largest absolute Gasteiger partial charge is 0.352 e. The summed E-state index contributed by atoms with van der Waals surface area (Å²) in [5.41, 5.74) is 0.902. The van der Waals surface area contributed by atoms with E-state index in [1.54, 1.807) is 18.2 Å². The average molecular weight is 282 g/mol. The number of benzene rings is 1. The highest BCUT2D eigenvalue weighted by Gasteiger charge is 2.13. The molecule has 2 N–H and O–H groups in total. The Balaban J connectivity index is 2.08. The van der Waals surface area contributed by atoms with Gasteiger partial charge in [-0.1, -0.05) is 12.1 Å². The average Bonchev–Trinajstić information content (AvgIpc) is 2.82. The van der Waals surface area contributed by atoms with Crippen LogP contribution in [0, 0.1) is 0 Å². The third kappa shape index (κ3) is 3.24. The zero-order chi connectivity index (χ0) is 13.9. The standard InChI is InChI=1S/C12H18N4O2S/c1-13-19(17,18)11-5-3-4-10(8-11)9-15-12-14-6-7-16(12)2/h3-5,8,13H,6-7,9H2,1-2H3,(H,14,15). The minimum Gasteiger partial charge on any atom is -0.352 e. The van der Waals surface area contributed by atoms with Crippen molar-refractivity contribution >= 4 is 16.0 Å². The fraction of sp³-hybridized carbons (Fsp3) is 0.417. The Morgan fingerprint density at radius 1 is 1.42 bits per heavy atom. The Morgan fingerprint density at radius 3 is 2.84 bits per heavy atom. The second kappa shape index (κ2) is 5.58. The van der Waals surface area contributed by atoms with Crippen LogP contribution in [0.3, 0.4) is 0 Å². The summed E-state index contributed by atoms with van der Waals surface area (Å²) >= 11 is 0. The van der Waals surface area contributed by atoms with E-state index in [0.29, 0.717) is 6.54 Å². The molecule has 0 bridgehead atoms. The van der Waals surface area contributed by atoms with Gasteiger partial charge in [-0.3, -0.25) is 4.99 Å². The molecule has 2 rings (SSSR count). The lowest BCUT2D eigenvalue weighted by Crippen LogP contribution is -2.35. The van der Waals surface area contributed by atoms with Gasteiger partial charge in [0.2, 0.25) is 10.0 Å². The van der Waals surface area contributed by atoms with Gasteiger partial charge in [0, 0.05) is 20.1 Å². The van der Waals surface area contributed by atoms with Crippen LogP contribution in [0.15, 0.2) is 34.2 Å². The van der Waals surface area contributed by atoms with Gasteiger partial charge in [-0.05, 0) is 24.7 Å². The molecular formula is C12H18N4O2S. The highest BCUT2D eigenvalue weighted by molar-refractivity contribution is 7.89. The fourth-order valence-electron chi connectivity index (χ4n) is 1.84. The highest BCUT2D eigenvalue weighted by Crippen LogP contribution is 2.11. The van der Waals surface area contributed by atoms with Gasteiger partial charge < -0.3 is 10.2 Å². The third-order valence-electron chi connectivity index (χ3n) is 2.99. The first-order valence-electron chi connectivity index (χ1n) is 6.05. The molecule has 0 aliphatic carbocycles. The van der Waals surface area contributed by atoms with Crippen LogP contribution in [-0.4, -0.2) is 46.5 Å². The highest BCUT2D eigenvalue weighted by atomic mass is 32.2. The predicted molar refractivity (Wildman–Crippen MR) is 74.5 cm³/mol. The van der Waals surface area contributed by atoms with Gasteiger partial charge in [0.1, 0.15) is 0 Å². The second-order valence-electron chi connectivity index (χ2n) is 4.34. The van der Waals surface area contributed by atoms with E-state index >= 15 is 0 Å². The van der Waals surface area contributed by atoms with Crippen LogP contribution >= 0.6 is 0 Å². The van der Waals surface area contributed by atoms with Crippen molar-refractivity contribution in [2.75, 3.05) is 27.2 Å². The first-order chi connectivity index (χ1) is 9.03. The van der Waals surface area contributed by atoms with Crippen molar-refractivity contribution in [3.05, 3.63) is 29.8 Å². The van der Waals surface area contributed by atoms with Gasteiger partial charge in [-0.15, -0.1) is 0 Å². The lowest BCUT2D eigenvalue weighted by molar-refractivity contribution is 0.534. The molecule has 0 saturated carbocycles. The summed E-state index contributed by atoms with van der Waals surface area (Å²) in [4.78, 5) is 6.63. The number of sulfonamides is 1. The molecule has 1 aromatic rings. The maximum absolute atomic E-state index is 11.7. The Hall–Kier alpha value is -1.60.